The third-order valence-electron chi connectivity index (χ3n) is 5.15. The maximum absolute atomic E-state index is 9.55. The first-order chi connectivity index (χ1) is 12.8. The number of likely N-dealkylation sites (tertiary alicyclic amines) is 1. The van der Waals surface area contributed by atoms with E-state index in [2.05, 4.69) is 37.0 Å². The summed E-state index contributed by atoms with van der Waals surface area (Å²) in [4.78, 5) is 21.7. The van der Waals surface area contributed by atoms with Crippen LogP contribution in [-0.4, -0.2) is 46.7 Å². The van der Waals surface area contributed by atoms with E-state index in [4.69, 9.17) is 10.2 Å². The Balaban J connectivity index is 0.000000279. The third-order valence-corrected chi connectivity index (χ3v) is 5.15. The summed E-state index contributed by atoms with van der Waals surface area (Å²) in [6, 6.07) is 4.76. The molecule has 0 spiro atoms. The minimum Gasteiger partial charge on any atom is -0.478 e. The SMILES string of the molecule is Cc1cc2c(cc1C)CCC(CCN1CCCC1)=C2.O=C(O)C=CC(=O)O. The van der Waals surface area contributed by atoms with Crippen molar-refractivity contribution in [2.75, 3.05) is 19.6 Å². The summed E-state index contributed by atoms with van der Waals surface area (Å²) < 4.78 is 0. The predicted molar refractivity (Wildman–Crippen MR) is 107 cm³/mol. The molecule has 1 aliphatic carbocycles. The van der Waals surface area contributed by atoms with E-state index >= 15 is 0 Å². The van der Waals surface area contributed by atoms with Crippen LogP contribution in [0.4, 0.5) is 0 Å². The molecular weight excluding hydrogens is 342 g/mol. The monoisotopic (exact) mass is 371 g/mol. The fourth-order valence-electron chi connectivity index (χ4n) is 3.48. The zero-order chi connectivity index (χ0) is 19.8. The first-order valence-corrected chi connectivity index (χ1v) is 9.51. The molecule has 5 nitrogen and oxygen atoms in total. The average Bonchev–Trinajstić information content (AvgIpc) is 3.13. The smallest absolute Gasteiger partial charge is 0.328 e. The lowest BCUT2D eigenvalue weighted by Crippen LogP contribution is -2.21. The van der Waals surface area contributed by atoms with E-state index in [9.17, 15) is 9.59 Å². The summed E-state index contributed by atoms with van der Waals surface area (Å²) in [7, 11) is 0. The number of carbonyl (C=O) groups is 2. The van der Waals surface area contributed by atoms with Crippen molar-refractivity contribution in [3.05, 3.63) is 52.1 Å². The number of benzene rings is 1. The van der Waals surface area contributed by atoms with Gasteiger partial charge < -0.3 is 15.1 Å². The number of carboxylic acids is 2. The summed E-state index contributed by atoms with van der Waals surface area (Å²) in [5.74, 6) is -2.51. The Morgan fingerprint density at radius 1 is 1.00 bits per heavy atom. The maximum Gasteiger partial charge on any atom is 0.328 e. The van der Waals surface area contributed by atoms with Crippen LogP contribution < -0.4 is 0 Å². The molecule has 0 saturated carbocycles. The Bertz CT molecular complexity index is 727. The summed E-state index contributed by atoms with van der Waals surface area (Å²) in [6.07, 6.45) is 10.2. The summed E-state index contributed by atoms with van der Waals surface area (Å²) >= 11 is 0. The van der Waals surface area contributed by atoms with Gasteiger partial charge in [0.2, 0.25) is 0 Å². The highest BCUT2D eigenvalue weighted by Gasteiger charge is 2.15. The molecule has 0 atom stereocenters. The third kappa shape index (κ3) is 7.02. The van der Waals surface area contributed by atoms with Gasteiger partial charge in [-0.2, -0.15) is 0 Å². The van der Waals surface area contributed by atoms with Crippen molar-refractivity contribution in [3.8, 4) is 0 Å². The molecule has 2 N–H and O–H groups in total. The van der Waals surface area contributed by atoms with Gasteiger partial charge in [-0.3, -0.25) is 0 Å². The fourth-order valence-corrected chi connectivity index (χ4v) is 3.48. The lowest BCUT2D eigenvalue weighted by Gasteiger charge is -2.20. The van der Waals surface area contributed by atoms with Gasteiger partial charge in [-0.1, -0.05) is 23.8 Å². The molecule has 2 aliphatic rings. The zero-order valence-electron chi connectivity index (χ0n) is 16.2. The van der Waals surface area contributed by atoms with Crippen molar-refractivity contribution in [3.63, 3.8) is 0 Å². The molecule has 0 bridgehead atoms. The maximum atomic E-state index is 9.55. The lowest BCUT2D eigenvalue weighted by atomic mass is 9.88. The van der Waals surface area contributed by atoms with Gasteiger partial charge >= 0.3 is 11.9 Å². The second-order valence-corrected chi connectivity index (χ2v) is 7.25. The van der Waals surface area contributed by atoms with Gasteiger partial charge in [0.1, 0.15) is 0 Å². The van der Waals surface area contributed by atoms with Crippen LogP contribution in [0.3, 0.4) is 0 Å². The lowest BCUT2D eigenvalue weighted by molar-refractivity contribution is -0.134. The Kier molecular flexibility index (Phi) is 7.80. The normalized spacial score (nSPS) is 16.4. The van der Waals surface area contributed by atoms with Gasteiger partial charge in [-0.15, -0.1) is 0 Å². The van der Waals surface area contributed by atoms with Crippen LogP contribution >= 0.6 is 0 Å². The molecule has 1 fully saturated rings. The molecule has 1 aliphatic heterocycles. The van der Waals surface area contributed by atoms with E-state index in [1.165, 1.54) is 68.4 Å². The van der Waals surface area contributed by atoms with Gasteiger partial charge in [0.25, 0.3) is 0 Å². The van der Waals surface area contributed by atoms with Crippen LogP contribution in [0.1, 0.15) is 47.9 Å². The van der Waals surface area contributed by atoms with E-state index in [1.54, 1.807) is 11.1 Å². The standard InChI is InChI=1S/C18H25N.C4H4O4/c1-14-11-17-6-5-16(13-18(17)12-15(14)2)7-10-19-8-3-4-9-19;5-3(6)1-2-4(7)8/h11-13H,3-10H2,1-2H3;1-2H,(H,5,6)(H,7,8). The molecular formula is C22H29NO4. The van der Waals surface area contributed by atoms with Crippen molar-refractivity contribution < 1.29 is 19.8 Å². The Labute approximate surface area is 161 Å². The molecule has 5 heteroatoms. The van der Waals surface area contributed by atoms with Gasteiger partial charge in [0.15, 0.2) is 0 Å². The number of fused-ring (bicyclic) bond motifs is 1. The second kappa shape index (κ2) is 10.1. The van der Waals surface area contributed by atoms with Crippen molar-refractivity contribution >= 4 is 18.0 Å². The average molecular weight is 371 g/mol. The number of aliphatic carboxylic acids is 2. The van der Waals surface area contributed by atoms with Crippen molar-refractivity contribution in [1.82, 2.24) is 4.90 Å². The van der Waals surface area contributed by atoms with Crippen molar-refractivity contribution in [2.24, 2.45) is 0 Å². The molecule has 0 unspecified atom stereocenters. The first-order valence-electron chi connectivity index (χ1n) is 9.51. The topological polar surface area (TPSA) is 77.8 Å². The van der Waals surface area contributed by atoms with Crippen LogP contribution in [0.2, 0.25) is 0 Å². The van der Waals surface area contributed by atoms with E-state index in [0.717, 1.165) is 0 Å². The summed E-state index contributed by atoms with van der Waals surface area (Å²) in [5.41, 5.74) is 7.55. The Morgan fingerprint density at radius 2 is 1.59 bits per heavy atom. The quantitative estimate of drug-likeness (QED) is 0.769. The number of hydrogen-bond acceptors (Lipinski definition) is 3. The molecule has 1 aromatic rings. The number of nitrogens with zero attached hydrogens (tertiary/aromatic N) is 1. The molecule has 1 aromatic carbocycles. The number of carboxylic acid groups (broad SMARTS) is 2. The Morgan fingerprint density at radius 3 is 2.19 bits per heavy atom. The molecule has 0 aromatic heterocycles. The number of rotatable bonds is 5. The van der Waals surface area contributed by atoms with Gasteiger partial charge in [0, 0.05) is 18.7 Å². The first kappa shape index (κ1) is 20.9. The van der Waals surface area contributed by atoms with E-state index in [0.29, 0.717) is 12.2 Å². The van der Waals surface area contributed by atoms with E-state index < -0.39 is 11.9 Å². The Hall–Kier alpha value is -2.40. The second-order valence-electron chi connectivity index (χ2n) is 7.25. The zero-order valence-corrected chi connectivity index (χ0v) is 16.2. The minimum atomic E-state index is -1.26. The van der Waals surface area contributed by atoms with Crippen molar-refractivity contribution in [1.29, 1.82) is 0 Å². The highest BCUT2D eigenvalue weighted by atomic mass is 16.4. The largest absolute Gasteiger partial charge is 0.478 e. The van der Waals surface area contributed by atoms with E-state index in [1.807, 2.05) is 0 Å². The highest BCUT2D eigenvalue weighted by molar-refractivity contribution is 5.89. The van der Waals surface area contributed by atoms with Crippen LogP contribution in [0.25, 0.3) is 6.08 Å². The van der Waals surface area contributed by atoms with Gasteiger partial charge in [-0.25, -0.2) is 9.59 Å². The molecule has 3 rings (SSSR count). The molecule has 1 saturated heterocycles. The van der Waals surface area contributed by atoms with Crippen LogP contribution in [0.15, 0.2) is 29.9 Å². The molecule has 1 heterocycles. The molecule has 0 amide bonds. The van der Waals surface area contributed by atoms with Gasteiger partial charge in [-0.05, 0) is 81.3 Å². The van der Waals surface area contributed by atoms with Crippen LogP contribution in [0, 0.1) is 13.8 Å². The molecule has 0 radical (unpaired) electrons. The van der Waals surface area contributed by atoms with Crippen LogP contribution in [0.5, 0.6) is 0 Å². The van der Waals surface area contributed by atoms with Crippen molar-refractivity contribution in [2.45, 2.75) is 46.0 Å². The minimum absolute atomic E-state index is 0.558. The summed E-state index contributed by atoms with van der Waals surface area (Å²) in [6.45, 7) is 8.36. The van der Waals surface area contributed by atoms with Crippen LogP contribution in [-0.2, 0) is 16.0 Å². The fraction of sp³-hybridized carbons (Fsp3) is 0.455. The van der Waals surface area contributed by atoms with E-state index in [-0.39, 0.29) is 0 Å². The predicted octanol–water partition coefficient (Wildman–Crippen LogP) is 3.83. The summed E-state index contributed by atoms with van der Waals surface area (Å²) in [5, 5.41) is 15.6. The highest BCUT2D eigenvalue weighted by Crippen LogP contribution is 2.28. The molecule has 27 heavy (non-hydrogen) atoms. The number of aryl methyl sites for hydroxylation is 3. The van der Waals surface area contributed by atoms with Gasteiger partial charge in [0.05, 0.1) is 0 Å². The molecule has 146 valence electrons. The number of hydrogen-bond donors (Lipinski definition) is 2.